The van der Waals surface area contributed by atoms with Crippen LogP contribution >= 0.6 is 11.3 Å². The Bertz CT molecular complexity index is 412. The van der Waals surface area contributed by atoms with E-state index in [2.05, 4.69) is 32.2 Å². The molecule has 1 saturated carbocycles. The van der Waals surface area contributed by atoms with E-state index in [1.54, 1.807) is 11.3 Å². The number of hydrogen-bond acceptors (Lipinski definition) is 3. The molecule has 1 fully saturated rings. The second-order valence-electron chi connectivity index (χ2n) is 5.98. The molecule has 3 heteroatoms. The zero-order valence-corrected chi connectivity index (χ0v) is 11.8. The van der Waals surface area contributed by atoms with Crippen molar-refractivity contribution in [2.75, 3.05) is 0 Å². The van der Waals surface area contributed by atoms with Crippen LogP contribution in [0.3, 0.4) is 0 Å². The lowest BCUT2D eigenvalue weighted by Crippen LogP contribution is -2.23. The van der Waals surface area contributed by atoms with E-state index >= 15 is 0 Å². The third kappa shape index (κ3) is 3.39. The number of nitrogens with zero attached hydrogens (tertiary/aromatic N) is 1. The summed E-state index contributed by atoms with van der Waals surface area (Å²) in [6, 6.07) is 0.358. The zero-order chi connectivity index (χ0) is 12.5. The number of aromatic nitrogens is 1. The molecule has 0 spiro atoms. The highest BCUT2D eigenvalue weighted by Gasteiger charge is 2.18. The van der Waals surface area contributed by atoms with Crippen molar-refractivity contribution in [2.24, 2.45) is 5.73 Å². The summed E-state index contributed by atoms with van der Waals surface area (Å²) >= 11 is 1.74. The van der Waals surface area contributed by atoms with Crippen LogP contribution in [-0.4, -0.2) is 11.0 Å². The zero-order valence-electron chi connectivity index (χ0n) is 11.0. The van der Waals surface area contributed by atoms with Crippen molar-refractivity contribution in [3.05, 3.63) is 21.7 Å². The number of hydrogen-bond donors (Lipinski definition) is 1. The SMILES string of the molecule is CC(C)(C)c1csc(C=C2CCCC(N)C2)n1. The Morgan fingerprint density at radius 3 is 2.82 bits per heavy atom. The smallest absolute Gasteiger partial charge is 0.116 e. The summed E-state index contributed by atoms with van der Waals surface area (Å²) in [5.41, 5.74) is 8.80. The quantitative estimate of drug-likeness (QED) is 0.825. The average Bonchev–Trinajstić information content (AvgIpc) is 2.65. The molecular formula is C14H22N2S. The molecule has 2 nitrogen and oxygen atoms in total. The van der Waals surface area contributed by atoms with Gasteiger partial charge < -0.3 is 5.73 Å². The summed E-state index contributed by atoms with van der Waals surface area (Å²) in [6.07, 6.45) is 6.88. The predicted octanol–water partition coefficient (Wildman–Crippen LogP) is 3.73. The van der Waals surface area contributed by atoms with E-state index in [1.165, 1.54) is 30.5 Å². The average molecular weight is 250 g/mol. The van der Waals surface area contributed by atoms with Gasteiger partial charge in [0.1, 0.15) is 5.01 Å². The van der Waals surface area contributed by atoms with Gasteiger partial charge in [-0.2, -0.15) is 0 Å². The first-order valence-corrected chi connectivity index (χ1v) is 7.24. The van der Waals surface area contributed by atoms with E-state index in [-0.39, 0.29) is 5.41 Å². The van der Waals surface area contributed by atoms with Gasteiger partial charge >= 0.3 is 0 Å². The molecule has 1 unspecified atom stereocenters. The number of rotatable bonds is 1. The molecule has 0 radical (unpaired) electrons. The van der Waals surface area contributed by atoms with E-state index in [1.807, 2.05) is 0 Å². The summed E-state index contributed by atoms with van der Waals surface area (Å²) in [4.78, 5) is 4.70. The molecule has 1 heterocycles. The molecule has 1 aromatic rings. The van der Waals surface area contributed by atoms with Crippen LogP contribution in [-0.2, 0) is 5.41 Å². The second-order valence-corrected chi connectivity index (χ2v) is 6.87. The Kier molecular flexibility index (Phi) is 3.69. The van der Waals surface area contributed by atoms with Crippen molar-refractivity contribution in [1.82, 2.24) is 4.98 Å². The molecule has 2 N–H and O–H groups in total. The minimum atomic E-state index is 0.149. The molecule has 1 atom stereocenters. The Labute approximate surface area is 108 Å². The predicted molar refractivity (Wildman–Crippen MR) is 75.2 cm³/mol. The van der Waals surface area contributed by atoms with E-state index in [9.17, 15) is 0 Å². The summed E-state index contributed by atoms with van der Waals surface area (Å²) in [5.74, 6) is 0. The molecule has 0 aromatic carbocycles. The topological polar surface area (TPSA) is 38.9 Å². The maximum Gasteiger partial charge on any atom is 0.116 e. The third-order valence-electron chi connectivity index (χ3n) is 3.22. The first kappa shape index (κ1) is 12.8. The van der Waals surface area contributed by atoms with Gasteiger partial charge in [0, 0.05) is 16.8 Å². The highest BCUT2D eigenvalue weighted by molar-refractivity contribution is 7.10. The summed E-state index contributed by atoms with van der Waals surface area (Å²) in [6.45, 7) is 6.61. The molecule has 0 bridgehead atoms. The standard InChI is InChI=1S/C14H22N2S/c1-14(2,3)12-9-17-13(16-12)8-10-5-4-6-11(15)7-10/h8-9,11H,4-7,15H2,1-3H3. The molecule has 0 saturated heterocycles. The van der Waals surface area contributed by atoms with Crippen LogP contribution in [0, 0.1) is 0 Å². The monoisotopic (exact) mass is 250 g/mol. The first-order chi connectivity index (χ1) is 7.95. The Morgan fingerprint density at radius 2 is 2.24 bits per heavy atom. The Hall–Kier alpha value is -0.670. The van der Waals surface area contributed by atoms with Crippen molar-refractivity contribution >= 4 is 17.4 Å². The van der Waals surface area contributed by atoms with Crippen LogP contribution in [0.15, 0.2) is 11.0 Å². The van der Waals surface area contributed by atoms with E-state index < -0.39 is 0 Å². The van der Waals surface area contributed by atoms with Crippen molar-refractivity contribution in [3.8, 4) is 0 Å². The van der Waals surface area contributed by atoms with E-state index in [0.29, 0.717) is 6.04 Å². The molecule has 94 valence electrons. The first-order valence-electron chi connectivity index (χ1n) is 6.36. The molecule has 1 aromatic heterocycles. The van der Waals surface area contributed by atoms with Crippen LogP contribution in [0.2, 0.25) is 0 Å². The molecule has 0 amide bonds. The van der Waals surface area contributed by atoms with Crippen molar-refractivity contribution < 1.29 is 0 Å². The number of nitrogens with two attached hydrogens (primary N) is 1. The van der Waals surface area contributed by atoms with Gasteiger partial charge in [-0.1, -0.05) is 26.3 Å². The molecule has 17 heavy (non-hydrogen) atoms. The lowest BCUT2D eigenvalue weighted by atomic mass is 9.91. The summed E-state index contributed by atoms with van der Waals surface area (Å²) in [5, 5.41) is 3.31. The van der Waals surface area contributed by atoms with Crippen LogP contribution in [0.5, 0.6) is 0 Å². The lowest BCUT2D eigenvalue weighted by molar-refractivity contribution is 0.520. The van der Waals surface area contributed by atoms with Gasteiger partial charge in [-0.15, -0.1) is 11.3 Å². The molecule has 1 aliphatic carbocycles. The van der Waals surface area contributed by atoms with Crippen molar-refractivity contribution in [2.45, 2.75) is 57.9 Å². The van der Waals surface area contributed by atoms with Crippen LogP contribution < -0.4 is 5.73 Å². The van der Waals surface area contributed by atoms with Gasteiger partial charge in [-0.05, 0) is 31.8 Å². The van der Waals surface area contributed by atoms with Gasteiger partial charge in [0.15, 0.2) is 0 Å². The highest BCUT2D eigenvalue weighted by atomic mass is 32.1. The van der Waals surface area contributed by atoms with Crippen LogP contribution in [0.25, 0.3) is 6.08 Å². The molecule has 2 rings (SSSR count). The largest absolute Gasteiger partial charge is 0.327 e. The van der Waals surface area contributed by atoms with E-state index in [4.69, 9.17) is 10.7 Å². The number of thiazole rings is 1. The van der Waals surface area contributed by atoms with Gasteiger partial charge in [0.25, 0.3) is 0 Å². The summed E-state index contributed by atoms with van der Waals surface area (Å²) < 4.78 is 0. The maximum absolute atomic E-state index is 6.00. The Balaban J connectivity index is 2.13. The molecule has 1 aliphatic rings. The fourth-order valence-corrected chi connectivity index (χ4v) is 3.16. The maximum atomic E-state index is 6.00. The van der Waals surface area contributed by atoms with Crippen LogP contribution in [0.1, 0.15) is 57.2 Å². The van der Waals surface area contributed by atoms with Crippen molar-refractivity contribution in [3.63, 3.8) is 0 Å². The summed E-state index contributed by atoms with van der Waals surface area (Å²) in [7, 11) is 0. The third-order valence-corrected chi connectivity index (χ3v) is 4.01. The molecule has 0 aliphatic heterocycles. The normalized spacial score (nSPS) is 24.2. The minimum absolute atomic E-state index is 0.149. The minimum Gasteiger partial charge on any atom is -0.327 e. The fourth-order valence-electron chi connectivity index (χ4n) is 2.14. The van der Waals surface area contributed by atoms with Gasteiger partial charge in [-0.3, -0.25) is 0 Å². The van der Waals surface area contributed by atoms with Crippen molar-refractivity contribution in [1.29, 1.82) is 0 Å². The van der Waals surface area contributed by atoms with Gasteiger partial charge in [0.2, 0.25) is 0 Å². The lowest BCUT2D eigenvalue weighted by Gasteiger charge is -2.20. The fraction of sp³-hybridized carbons (Fsp3) is 0.643. The van der Waals surface area contributed by atoms with E-state index in [0.717, 1.165) is 11.4 Å². The van der Waals surface area contributed by atoms with Gasteiger partial charge in [0.05, 0.1) is 5.69 Å². The second kappa shape index (κ2) is 4.91. The highest BCUT2D eigenvalue weighted by Crippen LogP contribution is 2.28. The molecular weight excluding hydrogens is 228 g/mol. The van der Waals surface area contributed by atoms with Gasteiger partial charge in [-0.25, -0.2) is 4.98 Å². The van der Waals surface area contributed by atoms with Crippen LogP contribution in [0.4, 0.5) is 0 Å². The Morgan fingerprint density at radius 1 is 1.47 bits per heavy atom.